The van der Waals surface area contributed by atoms with Gasteiger partial charge >= 0.3 is 0 Å². The van der Waals surface area contributed by atoms with E-state index in [9.17, 15) is 9.18 Å². The Bertz CT molecular complexity index is 240. The lowest BCUT2D eigenvalue weighted by atomic mass is 10.2. The molecule has 0 bridgehead atoms. The summed E-state index contributed by atoms with van der Waals surface area (Å²) in [5.74, 6) is -0.699. The van der Waals surface area contributed by atoms with Crippen LogP contribution in [0.4, 0.5) is 4.39 Å². The molecular formula is C9H12FNO. The van der Waals surface area contributed by atoms with Crippen molar-refractivity contribution < 1.29 is 9.18 Å². The molecule has 0 aliphatic carbocycles. The van der Waals surface area contributed by atoms with Crippen LogP contribution in [0.1, 0.15) is 29.8 Å². The number of halogens is 1. The van der Waals surface area contributed by atoms with Crippen LogP contribution in [0, 0.1) is 12.9 Å². The van der Waals surface area contributed by atoms with Crippen LogP contribution in [-0.4, -0.2) is 11.3 Å². The van der Waals surface area contributed by atoms with E-state index in [0.29, 0.717) is 11.8 Å². The molecule has 3 heteroatoms. The highest BCUT2D eigenvalue weighted by atomic mass is 19.1. The highest BCUT2D eigenvalue weighted by Gasteiger charge is 2.02. The summed E-state index contributed by atoms with van der Waals surface area (Å²) in [6.45, 7) is 5.66. The number of aromatic nitrogens is 1. The van der Waals surface area contributed by atoms with Crippen molar-refractivity contribution in [2.75, 3.05) is 0 Å². The average molecular weight is 169 g/mol. The molecule has 0 saturated heterocycles. The molecule has 0 atom stereocenters. The molecule has 1 aromatic rings. The molecule has 0 radical (unpaired) electrons. The van der Waals surface area contributed by atoms with Gasteiger partial charge < -0.3 is 0 Å². The lowest BCUT2D eigenvalue weighted by Crippen LogP contribution is -1.94. The van der Waals surface area contributed by atoms with E-state index < -0.39 is 5.95 Å². The number of aldehydes is 1. The molecule has 0 unspecified atom stereocenters. The van der Waals surface area contributed by atoms with Gasteiger partial charge in [-0.25, -0.2) is 4.98 Å². The van der Waals surface area contributed by atoms with Crippen LogP contribution in [0.2, 0.25) is 0 Å². The standard InChI is InChI=1S/C7H6FNO.C2H6/c1-5-2-3-9-7(8)6(5)4-10;1-2/h2-4H,1H3;1-2H3. The number of hydrogen-bond acceptors (Lipinski definition) is 2. The fourth-order valence-corrected chi connectivity index (χ4v) is 0.678. The molecule has 0 aliphatic heterocycles. The van der Waals surface area contributed by atoms with Gasteiger partial charge in [0.05, 0.1) is 5.56 Å². The van der Waals surface area contributed by atoms with Crippen LogP contribution in [0.15, 0.2) is 12.3 Å². The van der Waals surface area contributed by atoms with Crippen molar-refractivity contribution >= 4 is 6.29 Å². The van der Waals surface area contributed by atoms with E-state index in [0.717, 1.165) is 0 Å². The minimum atomic E-state index is -0.699. The van der Waals surface area contributed by atoms with Crippen LogP contribution in [0.25, 0.3) is 0 Å². The van der Waals surface area contributed by atoms with Crippen LogP contribution >= 0.6 is 0 Å². The summed E-state index contributed by atoms with van der Waals surface area (Å²) in [7, 11) is 0. The average Bonchev–Trinajstić information content (AvgIpc) is 2.08. The van der Waals surface area contributed by atoms with Gasteiger partial charge in [0.1, 0.15) is 0 Å². The van der Waals surface area contributed by atoms with Crippen molar-refractivity contribution in [2.24, 2.45) is 0 Å². The molecule has 1 aromatic heterocycles. The van der Waals surface area contributed by atoms with Gasteiger partial charge in [0.15, 0.2) is 6.29 Å². The maximum Gasteiger partial charge on any atom is 0.223 e. The van der Waals surface area contributed by atoms with Crippen LogP contribution < -0.4 is 0 Å². The Hall–Kier alpha value is -1.25. The summed E-state index contributed by atoms with van der Waals surface area (Å²) in [6.07, 6.45) is 1.80. The summed E-state index contributed by atoms with van der Waals surface area (Å²) < 4.78 is 12.5. The number of hydrogen-bond donors (Lipinski definition) is 0. The first-order valence-corrected chi connectivity index (χ1v) is 3.82. The Balaban J connectivity index is 0.000000561. The number of pyridine rings is 1. The number of carbonyl (C=O) groups is 1. The molecule has 66 valence electrons. The number of carbonyl (C=O) groups excluding carboxylic acids is 1. The van der Waals surface area contributed by atoms with E-state index in [-0.39, 0.29) is 5.56 Å². The van der Waals surface area contributed by atoms with Crippen molar-refractivity contribution in [3.8, 4) is 0 Å². The van der Waals surface area contributed by atoms with Gasteiger partial charge in [0, 0.05) is 6.20 Å². The highest BCUT2D eigenvalue weighted by Crippen LogP contribution is 2.05. The maximum atomic E-state index is 12.5. The summed E-state index contributed by atoms with van der Waals surface area (Å²) >= 11 is 0. The third-order valence-corrected chi connectivity index (χ3v) is 1.28. The SMILES string of the molecule is CC.Cc1ccnc(F)c1C=O. The molecule has 0 aromatic carbocycles. The summed E-state index contributed by atoms with van der Waals surface area (Å²) in [5, 5.41) is 0. The lowest BCUT2D eigenvalue weighted by Gasteiger charge is -1.95. The van der Waals surface area contributed by atoms with Gasteiger partial charge in [-0.05, 0) is 18.6 Å². The third-order valence-electron chi connectivity index (χ3n) is 1.28. The van der Waals surface area contributed by atoms with Crippen molar-refractivity contribution in [3.63, 3.8) is 0 Å². The first-order valence-electron chi connectivity index (χ1n) is 3.82. The fourth-order valence-electron chi connectivity index (χ4n) is 0.678. The van der Waals surface area contributed by atoms with E-state index in [1.807, 2.05) is 13.8 Å². The molecule has 12 heavy (non-hydrogen) atoms. The maximum absolute atomic E-state index is 12.5. The largest absolute Gasteiger partial charge is 0.298 e. The zero-order valence-corrected chi connectivity index (χ0v) is 7.47. The molecule has 1 rings (SSSR count). The Kier molecular flexibility index (Phi) is 4.84. The minimum absolute atomic E-state index is 0.0440. The Morgan fingerprint density at radius 1 is 1.50 bits per heavy atom. The summed E-state index contributed by atoms with van der Waals surface area (Å²) in [6, 6.07) is 1.59. The molecule has 0 N–H and O–H groups in total. The Morgan fingerprint density at radius 3 is 2.42 bits per heavy atom. The van der Waals surface area contributed by atoms with Gasteiger partial charge in [0.25, 0.3) is 0 Å². The van der Waals surface area contributed by atoms with Crippen LogP contribution in [0.5, 0.6) is 0 Å². The van der Waals surface area contributed by atoms with Gasteiger partial charge in [0.2, 0.25) is 5.95 Å². The Morgan fingerprint density at radius 2 is 2.08 bits per heavy atom. The lowest BCUT2D eigenvalue weighted by molar-refractivity contribution is 0.111. The fraction of sp³-hybridized carbons (Fsp3) is 0.333. The summed E-state index contributed by atoms with van der Waals surface area (Å²) in [4.78, 5) is 13.5. The second-order valence-corrected chi connectivity index (χ2v) is 1.95. The second-order valence-electron chi connectivity index (χ2n) is 1.95. The van der Waals surface area contributed by atoms with E-state index in [4.69, 9.17) is 0 Å². The Labute approximate surface area is 71.4 Å². The third kappa shape index (κ3) is 2.42. The van der Waals surface area contributed by atoms with Crippen LogP contribution in [0.3, 0.4) is 0 Å². The zero-order valence-electron chi connectivity index (χ0n) is 7.47. The van der Waals surface area contributed by atoms with Crippen molar-refractivity contribution in [2.45, 2.75) is 20.8 Å². The number of nitrogens with zero attached hydrogens (tertiary/aromatic N) is 1. The molecule has 0 saturated carbocycles. The van der Waals surface area contributed by atoms with E-state index in [2.05, 4.69) is 4.98 Å². The minimum Gasteiger partial charge on any atom is -0.298 e. The van der Waals surface area contributed by atoms with E-state index >= 15 is 0 Å². The molecule has 0 fully saturated rings. The van der Waals surface area contributed by atoms with Gasteiger partial charge in [-0.1, -0.05) is 13.8 Å². The van der Waals surface area contributed by atoms with E-state index in [1.54, 1.807) is 13.0 Å². The number of aryl methyl sites for hydroxylation is 1. The van der Waals surface area contributed by atoms with Crippen LogP contribution in [-0.2, 0) is 0 Å². The van der Waals surface area contributed by atoms with Gasteiger partial charge in [-0.15, -0.1) is 0 Å². The molecule has 2 nitrogen and oxygen atoms in total. The smallest absolute Gasteiger partial charge is 0.223 e. The number of rotatable bonds is 1. The van der Waals surface area contributed by atoms with Gasteiger partial charge in [-0.3, -0.25) is 4.79 Å². The zero-order chi connectivity index (χ0) is 9.56. The quantitative estimate of drug-likeness (QED) is 0.477. The topological polar surface area (TPSA) is 30.0 Å². The second kappa shape index (κ2) is 5.41. The van der Waals surface area contributed by atoms with Crippen molar-refractivity contribution in [1.82, 2.24) is 4.98 Å². The molecule has 0 aliphatic rings. The molecule has 1 heterocycles. The van der Waals surface area contributed by atoms with Gasteiger partial charge in [-0.2, -0.15) is 4.39 Å². The monoisotopic (exact) mass is 169 g/mol. The summed E-state index contributed by atoms with van der Waals surface area (Å²) in [5.41, 5.74) is 0.657. The molecular weight excluding hydrogens is 157 g/mol. The van der Waals surface area contributed by atoms with Crippen molar-refractivity contribution in [3.05, 3.63) is 29.3 Å². The first-order chi connectivity index (χ1) is 5.75. The normalized spacial score (nSPS) is 8.33. The van der Waals surface area contributed by atoms with E-state index in [1.165, 1.54) is 6.20 Å². The molecule has 0 amide bonds. The van der Waals surface area contributed by atoms with Crippen molar-refractivity contribution in [1.29, 1.82) is 0 Å². The predicted octanol–water partition coefficient (Wildman–Crippen LogP) is 2.37. The predicted molar refractivity (Wildman–Crippen MR) is 45.7 cm³/mol. The first kappa shape index (κ1) is 10.8. The highest BCUT2D eigenvalue weighted by molar-refractivity contribution is 5.76. The molecule has 0 spiro atoms.